The van der Waals surface area contributed by atoms with Crippen LogP contribution in [0.25, 0.3) is 11.2 Å². The van der Waals surface area contributed by atoms with E-state index in [1.54, 1.807) is 12.7 Å². The van der Waals surface area contributed by atoms with Gasteiger partial charge < -0.3 is 15.4 Å². The summed E-state index contributed by atoms with van der Waals surface area (Å²) in [6.07, 6.45) is 2.89. The highest BCUT2D eigenvalue weighted by atomic mass is 16.3. The van der Waals surface area contributed by atoms with Crippen LogP contribution in [0.15, 0.2) is 73.3 Å². The summed E-state index contributed by atoms with van der Waals surface area (Å²) in [6.45, 7) is 4.84. The Morgan fingerprint density at radius 2 is 1.62 bits per heavy atom. The van der Waals surface area contributed by atoms with E-state index in [-0.39, 0.29) is 6.04 Å². The van der Waals surface area contributed by atoms with Crippen molar-refractivity contribution in [2.24, 2.45) is 0 Å². The second kappa shape index (κ2) is 10.3. The Morgan fingerprint density at radius 1 is 0.971 bits per heavy atom. The fraction of sp³-hybridized carbons (Fsp3) is 0.346. The van der Waals surface area contributed by atoms with Crippen molar-refractivity contribution in [3.63, 3.8) is 0 Å². The lowest BCUT2D eigenvalue weighted by atomic mass is 9.96. The van der Waals surface area contributed by atoms with Gasteiger partial charge in [-0.25, -0.2) is 4.57 Å². The average molecular weight is 459 g/mol. The molecule has 0 spiro atoms. The van der Waals surface area contributed by atoms with Crippen LogP contribution >= 0.6 is 0 Å². The molecule has 1 aliphatic rings. The number of anilines is 1. The number of aliphatic hydroxyl groups is 1. The summed E-state index contributed by atoms with van der Waals surface area (Å²) in [5.74, 6) is 0.751. The number of piperazine rings is 1. The second-order valence-corrected chi connectivity index (χ2v) is 8.81. The van der Waals surface area contributed by atoms with Gasteiger partial charge in [0.15, 0.2) is 11.8 Å². The van der Waals surface area contributed by atoms with Crippen molar-refractivity contribution >= 4 is 17.0 Å². The molecule has 8 heteroatoms. The van der Waals surface area contributed by atoms with Gasteiger partial charge in [0, 0.05) is 39.8 Å². The normalized spacial score (nSPS) is 16.2. The Hall–Kier alpha value is -3.33. The van der Waals surface area contributed by atoms with Crippen LogP contribution in [0, 0.1) is 0 Å². The molecule has 0 amide bonds. The van der Waals surface area contributed by atoms with E-state index in [4.69, 9.17) is 0 Å². The van der Waals surface area contributed by atoms with Crippen molar-refractivity contribution in [1.82, 2.24) is 24.8 Å². The van der Waals surface area contributed by atoms with Crippen molar-refractivity contribution in [2.45, 2.75) is 18.7 Å². The summed E-state index contributed by atoms with van der Waals surface area (Å²) in [5.41, 5.74) is 4.27. The third-order valence-corrected chi connectivity index (χ3v) is 6.57. The molecule has 3 N–H and O–H groups in total. The van der Waals surface area contributed by atoms with Gasteiger partial charge >= 0.3 is 0 Å². The SMILES string of the molecule is CNc1nc[n+](CC(O)CN2CCN(C(c3ccccc3)c3ccccc3)CC2)c2nc[nH]c12. The van der Waals surface area contributed by atoms with Crippen molar-refractivity contribution in [3.05, 3.63) is 84.4 Å². The number of H-pyrrole nitrogens is 1. The molecular formula is C26H32N7O+. The molecule has 0 aliphatic carbocycles. The molecule has 8 nitrogen and oxygen atoms in total. The molecule has 0 saturated carbocycles. The minimum Gasteiger partial charge on any atom is -0.388 e. The fourth-order valence-electron chi connectivity index (χ4n) is 4.92. The van der Waals surface area contributed by atoms with E-state index in [0.29, 0.717) is 13.1 Å². The van der Waals surface area contributed by atoms with Crippen LogP contribution in [-0.2, 0) is 6.54 Å². The largest absolute Gasteiger partial charge is 0.388 e. The number of hydrogen-bond acceptors (Lipinski definition) is 6. The first-order valence-electron chi connectivity index (χ1n) is 11.9. The minimum atomic E-state index is -0.502. The van der Waals surface area contributed by atoms with E-state index in [2.05, 4.69) is 90.7 Å². The summed E-state index contributed by atoms with van der Waals surface area (Å²) in [7, 11) is 1.83. The van der Waals surface area contributed by atoms with Crippen molar-refractivity contribution in [2.75, 3.05) is 45.1 Å². The molecule has 5 rings (SSSR count). The number of hydrogen-bond donors (Lipinski definition) is 3. The standard InChI is InChI=1S/C26H31N7O/c1-27-25-23-26(29-18-28-23)33(19-30-25)17-22(34)16-31-12-14-32(15-13-31)24(20-8-4-2-5-9-20)21-10-6-3-7-11-21/h2-11,18-19,22,24,34H,12-17H2,1H3,(H,27,28,29)/p+1. The van der Waals surface area contributed by atoms with Gasteiger partial charge in [0.25, 0.3) is 5.65 Å². The van der Waals surface area contributed by atoms with Crippen LogP contribution < -0.4 is 9.88 Å². The summed E-state index contributed by atoms with van der Waals surface area (Å²) in [6, 6.07) is 21.7. The first-order chi connectivity index (χ1) is 16.7. The Kier molecular flexibility index (Phi) is 6.80. The van der Waals surface area contributed by atoms with Crippen molar-refractivity contribution in [1.29, 1.82) is 0 Å². The van der Waals surface area contributed by atoms with Gasteiger partial charge in [-0.05, 0) is 11.1 Å². The number of benzene rings is 2. The summed E-state index contributed by atoms with van der Waals surface area (Å²) >= 11 is 0. The van der Waals surface area contributed by atoms with Gasteiger partial charge in [-0.1, -0.05) is 70.6 Å². The Labute approximate surface area is 199 Å². The third kappa shape index (κ3) is 4.79. The Balaban J connectivity index is 1.22. The topological polar surface area (TPSA) is 84.2 Å². The maximum Gasteiger partial charge on any atom is 0.293 e. The van der Waals surface area contributed by atoms with Crippen molar-refractivity contribution < 1.29 is 9.67 Å². The summed E-state index contributed by atoms with van der Waals surface area (Å²) in [4.78, 5) is 16.9. The van der Waals surface area contributed by atoms with Crippen molar-refractivity contribution in [3.8, 4) is 0 Å². The number of nitrogens with one attached hydrogen (secondary N) is 2. The smallest absolute Gasteiger partial charge is 0.293 e. The zero-order valence-electron chi connectivity index (χ0n) is 19.5. The molecule has 1 saturated heterocycles. The predicted octanol–water partition coefficient (Wildman–Crippen LogP) is 2.06. The zero-order valence-corrected chi connectivity index (χ0v) is 19.5. The molecule has 0 bridgehead atoms. The quantitative estimate of drug-likeness (QED) is 0.351. The second-order valence-electron chi connectivity index (χ2n) is 8.81. The van der Waals surface area contributed by atoms with Crippen LogP contribution in [0.2, 0.25) is 0 Å². The van der Waals surface area contributed by atoms with Gasteiger partial charge in [-0.3, -0.25) is 9.80 Å². The maximum atomic E-state index is 10.9. The van der Waals surface area contributed by atoms with Crippen LogP contribution in [0.4, 0.5) is 5.82 Å². The zero-order chi connectivity index (χ0) is 23.3. The van der Waals surface area contributed by atoms with Crippen LogP contribution in [-0.4, -0.2) is 75.7 Å². The first kappa shape index (κ1) is 22.5. The summed E-state index contributed by atoms with van der Waals surface area (Å²) < 4.78 is 1.91. The molecule has 176 valence electrons. The first-order valence-corrected chi connectivity index (χ1v) is 11.9. The van der Waals surface area contributed by atoms with E-state index >= 15 is 0 Å². The molecule has 1 fully saturated rings. The monoisotopic (exact) mass is 458 g/mol. The lowest BCUT2D eigenvalue weighted by molar-refractivity contribution is -0.683. The number of aromatic amines is 1. The van der Waals surface area contributed by atoms with E-state index in [9.17, 15) is 5.11 Å². The molecule has 2 aromatic heterocycles. The number of imidazole rings is 1. The molecule has 2 aromatic carbocycles. The van der Waals surface area contributed by atoms with Crippen LogP contribution in [0.1, 0.15) is 17.2 Å². The number of nitrogens with zero attached hydrogens (tertiary/aromatic N) is 5. The maximum absolute atomic E-state index is 10.9. The van der Waals surface area contributed by atoms with Gasteiger partial charge in [0.1, 0.15) is 0 Å². The molecule has 4 aromatic rings. The fourth-order valence-corrected chi connectivity index (χ4v) is 4.92. The molecule has 3 heterocycles. The highest BCUT2D eigenvalue weighted by Crippen LogP contribution is 2.29. The lowest BCUT2D eigenvalue weighted by Gasteiger charge is -2.40. The third-order valence-electron chi connectivity index (χ3n) is 6.57. The van der Waals surface area contributed by atoms with Crippen LogP contribution in [0.3, 0.4) is 0 Å². The van der Waals surface area contributed by atoms with Gasteiger partial charge in [0.2, 0.25) is 12.1 Å². The highest BCUT2D eigenvalue weighted by Gasteiger charge is 2.27. The average Bonchev–Trinajstić information content (AvgIpc) is 3.38. The molecule has 1 aliphatic heterocycles. The van der Waals surface area contributed by atoms with E-state index in [1.807, 2.05) is 11.6 Å². The molecule has 1 unspecified atom stereocenters. The van der Waals surface area contributed by atoms with Gasteiger partial charge in [-0.2, -0.15) is 0 Å². The van der Waals surface area contributed by atoms with E-state index in [1.165, 1.54) is 11.1 Å². The van der Waals surface area contributed by atoms with E-state index < -0.39 is 6.10 Å². The van der Waals surface area contributed by atoms with Gasteiger partial charge in [0.05, 0.1) is 18.7 Å². The minimum absolute atomic E-state index is 0.245. The number of β-amino-alcohol motifs (C(OH)–C–C–N with tert-alkyl or cyclic N) is 1. The molecule has 0 radical (unpaired) electrons. The Morgan fingerprint density at radius 3 is 2.24 bits per heavy atom. The number of aliphatic hydroxyl groups excluding tert-OH is 1. The molecule has 34 heavy (non-hydrogen) atoms. The lowest BCUT2D eigenvalue weighted by Crippen LogP contribution is -2.52. The summed E-state index contributed by atoms with van der Waals surface area (Å²) in [5, 5.41) is 13.9. The molecular weight excluding hydrogens is 426 g/mol. The van der Waals surface area contributed by atoms with E-state index in [0.717, 1.165) is 43.2 Å². The number of fused-ring (bicyclic) bond motifs is 1. The molecule has 1 atom stereocenters. The highest BCUT2D eigenvalue weighted by molar-refractivity contribution is 5.79. The number of rotatable bonds is 8. The van der Waals surface area contributed by atoms with Gasteiger partial charge in [-0.15, -0.1) is 0 Å². The van der Waals surface area contributed by atoms with Crippen LogP contribution in [0.5, 0.6) is 0 Å². The predicted molar refractivity (Wildman–Crippen MR) is 132 cm³/mol. The Bertz CT molecular complexity index is 1150. The number of aromatic nitrogens is 4.